The van der Waals surface area contributed by atoms with Gasteiger partial charge in [-0.3, -0.25) is 0 Å². The maximum atomic E-state index is 4.14. The third-order valence-electron chi connectivity index (χ3n) is 7.64. The highest BCUT2D eigenvalue weighted by Gasteiger charge is 2.54. The second kappa shape index (κ2) is 6.61. The molecule has 0 bridgehead atoms. The number of allylic oxidation sites excluding steroid dienone is 5. The second-order valence-electron chi connectivity index (χ2n) is 8.44. The number of hydrogen-bond donors (Lipinski definition) is 0. The van der Waals surface area contributed by atoms with E-state index in [-0.39, 0.29) is 0 Å². The quantitative estimate of drug-likeness (QED) is 0.453. The average Bonchev–Trinajstić information content (AvgIpc) is 2.92. The van der Waals surface area contributed by atoms with Crippen molar-refractivity contribution in [3.05, 3.63) is 35.5 Å². The van der Waals surface area contributed by atoms with Crippen molar-refractivity contribution in [3.63, 3.8) is 0 Å². The van der Waals surface area contributed by atoms with Gasteiger partial charge in [0.15, 0.2) is 0 Å². The summed E-state index contributed by atoms with van der Waals surface area (Å²) in [6.07, 6.45) is 16.0. The van der Waals surface area contributed by atoms with Gasteiger partial charge in [-0.2, -0.15) is 0 Å². The molecular weight excluding hydrogens is 276 g/mol. The van der Waals surface area contributed by atoms with Gasteiger partial charge in [-0.05, 0) is 87.4 Å². The van der Waals surface area contributed by atoms with Gasteiger partial charge in [0.1, 0.15) is 0 Å². The fourth-order valence-corrected chi connectivity index (χ4v) is 6.50. The molecule has 0 radical (unpaired) electrons. The Labute approximate surface area is 144 Å². The van der Waals surface area contributed by atoms with Crippen LogP contribution in [0.2, 0.25) is 0 Å². The maximum Gasteiger partial charge on any atom is -0.0108 e. The van der Waals surface area contributed by atoms with Crippen LogP contribution in [0.5, 0.6) is 0 Å². The normalized spacial score (nSPS) is 41.8. The zero-order chi connectivity index (χ0) is 16.6. The van der Waals surface area contributed by atoms with E-state index in [0.717, 1.165) is 23.7 Å². The van der Waals surface area contributed by atoms with Crippen molar-refractivity contribution in [2.75, 3.05) is 0 Å². The van der Waals surface area contributed by atoms with Gasteiger partial charge in [-0.25, -0.2) is 0 Å². The number of hydrogen-bond acceptors (Lipinski definition) is 0. The van der Waals surface area contributed by atoms with E-state index in [2.05, 4.69) is 32.6 Å². The van der Waals surface area contributed by atoms with Crippen molar-refractivity contribution in [1.29, 1.82) is 0 Å². The molecule has 0 N–H and O–H groups in total. The highest BCUT2D eigenvalue weighted by Crippen LogP contribution is 2.63. The maximum absolute atomic E-state index is 4.14. The first kappa shape index (κ1) is 17.1. The topological polar surface area (TPSA) is 0 Å². The molecule has 4 unspecified atom stereocenters. The molecule has 2 saturated carbocycles. The molecule has 0 heterocycles. The lowest BCUT2D eigenvalue weighted by atomic mass is 9.53. The third-order valence-corrected chi connectivity index (χ3v) is 7.64. The van der Waals surface area contributed by atoms with E-state index in [4.69, 9.17) is 0 Å². The summed E-state index contributed by atoms with van der Waals surface area (Å²) in [5.74, 6) is 3.67. The Balaban J connectivity index is 0.000000753. The molecule has 0 amide bonds. The van der Waals surface area contributed by atoms with E-state index < -0.39 is 0 Å². The predicted molar refractivity (Wildman–Crippen MR) is 101 cm³/mol. The van der Waals surface area contributed by atoms with Gasteiger partial charge in [0, 0.05) is 0 Å². The Kier molecular flexibility index (Phi) is 4.90. The lowest BCUT2D eigenvalue weighted by Crippen LogP contribution is -2.43. The van der Waals surface area contributed by atoms with Crippen molar-refractivity contribution in [1.82, 2.24) is 0 Å². The van der Waals surface area contributed by atoms with Crippen LogP contribution < -0.4 is 0 Å². The smallest absolute Gasteiger partial charge is 0.0108 e. The van der Waals surface area contributed by atoms with E-state index in [1.807, 2.05) is 25.0 Å². The second-order valence-corrected chi connectivity index (χ2v) is 8.44. The molecular formula is C23H36. The molecule has 128 valence electrons. The van der Waals surface area contributed by atoms with Gasteiger partial charge in [0.05, 0.1) is 0 Å². The SMILES string of the molecule is C=CC1CC[C@H]2C3CCC4=C(CC=C(C)C4)C3CCC12C.CC. The molecule has 23 heavy (non-hydrogen) atoms. The molecule has 4 aliphatic carbocycles. The molecule has 0 saturated heterocycles. The monoisotopic (exact) mass is 312 g/mol. The minimum atomic E-state index is 0.571. The molecule has 0 aromatic carbocycles. The molecule has 4 aliphatic rings. The lowest BCUT2D eigenvalue weighted by Gasteiger charge is -2.51. The van der Waals surface area contributed by atoms with Gasteiger partial charge >= 0.3 is 0 Å². The van der Waals surface area contributed by atoms with Crippen LogP contribution in [0.4, 0.5) is 0 Å². The molecule has 5 atom stereocenters. The zero-order valence-corrected chi connectivity index (χ0v) is 15.8. The average molecular weight is 313 g/mol. The Morgan fingerprint density at radius 1 is 1.17 bits per heavy atom. The summed E-state index contributed by atoms with van der Waals surface area (Å²) >= 11 is 0. The van der Waals surface area contributed by atoms with Crippen LogP contribution in [0, 0.1) is 29.1 Å². The van der Waals surface area contributed by atoms with Gasteiger partial charge < -0.3 is 0 Å². The van der Waals surface area contributed by atoms with Crippen LogP contribution in [0.3, 0.4) is 0 Å². The Bertz CT molecular complexity index is 520. The Morgan fingerprint density at radius 2 is 1.96 bits per heavy atom. The standard InChI is InChI=1S/C21H30.C2H6/c1-4-16-7-10-20-19-9-6-15-13-14(2)5-8-17(15)18(19)11-12-21(16,20)3;1-2/h4-5,16,18-20H,1,6-13H2,2-3H3;1-2H3/t16?,18?,19?,20-,21?;/m0./s1. The van der Waals surface area contributed by atoms with Crippen LogP contribution in [-0.4, -0.2) is 0 Å². The summed E-state index contributed by atoms with van der Waals surface area (Å²) in [7, 11) is 0. The number of fused-ring (bicyclic) bond motifs is 4. The van der Waals surface area contributed by atoms with E-state index in [0.29, 0.717) is 5.41 Å². The molecule has 0 aromatic rings. The van der Waals surface area contributed by atoms with Gasteiger partial charge in [-0.1, -0.05) is 49.6 Å². The first-order chi connectivity index (χ1) is 11.1. The van der Waals surface area contributed by atoms with Gasteiger partial charge in [-0.15, -0.1) is 6.58 Å². The summed E-state index contributed by atoms with van der Waals surface area (Å²) in [5, 5.41) is 0. The van der Waals surface area contributed by atoms with Crippen LogP contribution in [0.1, 0.15) is 79.1 Å². The van der Waals surface area contributed by atoms with Crippen molar-refractivity contribution in [3.8, 4) is 0 Å². The number of rotatable bonds is 1. The van der Waals surface area contributed by atoms with Crippen molar-refractivity contribution in [2.45, 2.75) is 79.1 Å². The van der Waals surface area contributed by atoms with Crippen LogP contribution in [0.25, 0.3) is 0 Å². The van der Waals surface area contributed by atoms with E-state index in [9.17, 15) is 0 Å². The fraction of sp³-hybridized carbons (Fsp3) is 0.739. The highest BCUT2D eigenvalue weighted by molar-refractivity contribution is 5.33. The first-order valence-electron chi connectivity index (χ1n) is 10.1. The van der Waals surface area contributed by atoms with Gasteiger partial charge in [0.2, 0.25) is 0 Å². The molecule has 2 fully saturated rings. The Hall–Kier alpha value is -0.780. The molecule has 0 nitrogen and oxygen atoms in total. The van der Waals surface area contributed by atoms with Crippen molar-refractivity contribution >= 4 is 0 Å². The van der Waals surface area contributed by atoms with Crippen molar-refractivity contribution < 1.29 is 0 Å². The van der Waals surface area contributed by atoms with Crippen LogP contribution >= 0.6 is 0 Å². The van der Waals surface area contributed by atoms with Crippen molar-refractivity contribution in [2.24, 2.45) is 29.1 Å². The highest BCUT2D eigenvalue weighted by atomic mass is 14.6. The van der Waals surface area contributed by atoms with Crippen LogP contribution in [0.15, 0.2) is 35.5 Å². The zero-order valence-electron chi connectivity index (χ0n) is 15.8. The summed E-state index contributed by atoms with van der Waals surface area (Å²) in [6, 6.07) is 0. The third kappa shape index (κ3) is 2.67. The summed E-state index contributed by atoms with van der Waals surface area (Å²) in [6.45, 7) is 13.0. The first-order valence-corrected chi connectivity index (χ1v) is 10.1. The van der Waals surface area contributed by atoms with E-state index in [1.54, 1.807) is 5.57 Å². The largest absolute Gasteiger partial charge is 0.103 e. The van der Waals surface area contributed by atoms with E-state index in [1.165, 1.54) is 51.4 Å². The molecule has 0 heteroatoms. The minimum Gasteiger partial charge on any atom is -0.103 e. The van der Waals surface area contributed by atoms with Crippen LogP contribution in [-0.2, 0) is 0 Å². The summed E-state index contributed by atoms with van der Waals surface area (Å²) in [5.41, 5.74) is 5.89. The molecule has 4 rings (SSSR count). The molecule has 0 spiro atoms. The fourth-order valence-electron chi connectivity index (χ4n) is 6.50. The molecule has 0 aliphatic heterocycles. The predicted octanol–water partition coefficient (Wildman–Crippen LogP) is 7.09. The molecule has 0 aromatic heterocycles. The summed E-state index contributed by atoms with van der Waals surface area (Å²) in [4.78, 5) is 0. The minimum absolute atomic E-state index is 0.571. The Morgan fingerprint density at radius 3 is 2.70 bits per heavy atom. The van der Waals surface area contributed by atoms with E-state index >= 15 is 0 Å². The summed E-state index contributed by atoms with van der Waals surface area (Å²) < 4.78 is 0. The lowest BCUT2D eigenvalue weighted by molar-refractivity contribution is 0.0257. The van der Waals surface area contributed by atoms with Gasteiger partial charge in [0.25, 0.3) is 0 Å².